The highest BCUT2D eigenvalue weighted by Gasteiger charge is 2.16. The van der Waals surface area contributed by atoms with E-state index in [1.54, 1.807) is 6.20 Å². The Bertz CT molecular complexity index is 653. The van der Waals surface area contributed by atoms with Crippen LogP contribution < -0.4 is 4.74 Å². The van der Waals surface area contributed by atoms with Gasteiger partial charge in [0.15, 0.2) is 0 Å². The molecule has 3 rings (SSSR count). The van der Waals surface area contributed by atoms with Crippen LogP contribution in [-0.4, -0.2) is 60.5 Å². The van der Waals surface area contributed by atoms with Gasteiger partial charge in [0.25, 0.3) is 0 Å². The molecular weight excluding hydrogens is 290 g/mol. The third-order valence-electron chi connectivity index (χ3n) is 4.32. The topological polar surface area (TPSA) is 48.6 Å². The van der Waals surface area contributed by atoms with Crippen molar-refractivity contribution in [3.63, 3.8) is 0 Å². The predicted molar refractivity (Wildman–Crippen MR) is 90.6 cm³/mol. The van der Waals surface area contributed by atoms with Crippen LogP contribution in [0.2, 0.25) is 0 Å². The quantitative estimate of drug-likeness (QED) is 0.862. The van der Waals surface area contributed by atoms with Crippen LogP contribution in [0.4, 0.5) is 0 Å². The molecule has 1 fully saturated rings. The van der Waals surface area contributed by atoms with E-state index in [4.69, 9.17) is 4.74 Å². The molecule has 2 heterocycles. The number of hydrogen-bond acceptors (Lipinski definition) is 3. The highest BCUT2D eigenvalue weighted by atomic mass is 16.5. The number of ether oxygens (including phenoxy) is 1. The molecule has 0 atom stereocenters. The number of aromatic nitrogens is 1. The number of nitrogens with one attached hydrogen (secondary N) is 1. The molecule has 2 aromatic rings. The van der Waals surface area contributed by atoms with E-state index < -0.39 is 0 Å². The van der Waals surface area contributed by atoms with Gasteiger partial charge >= 0.3 is 0 Å². The van der Waals surface area contributed by atoms with Crippen molar-refractivity contribution < 1.29 is 9.53 Å². The van der Waals surface area contributed by atoms with Crippen LogP contribution in [0.15, 0.2) is 24.4 Å². The van der Waals surface area contributed by atoms with Gasteiger partial charge in [0.2, 0.25) is 5.91 Å². The molecule has 5 nitrogen and oxygen atoms in total. The summed E-state index contributed by atoms with van der Waals surface area (Å²) in [6.07, 6.45) is 4.17. The van der Waals surface area contributed by atoms with E-state index in [1.807, 2.05) is 23.1 Å². The third-order valence-corrected chi connectivity index (χ3v) is 4.32. The number of carbonyl (C=O) groups excluding carboxylic acids is 1. The molecule has 1 aromatic heterocycles. The summed E-state index contributed by atoms with van der Waals surface area (Å²) in [7, 11) is 2.11. The lowest BCUT2D eigenvalue weighted by atomic mass is 10.2. The van der Waals surface area contributed by atoms with Gasteiger partial charge in [0.1, 0.15) is 5.75 Å². The first kappa shape index (κ1) is 15.9. The number of hydrogen-bond donors (Lipinski definition) is 1. The van der Waals surface area contributed by atoms with Gasteiger partial charge in [-0.25, -0.2) is 0 Å². The van der Waals surface area contributed by atoms with E-state index in [9.17, 15) is 4.79 Å². The molecular formula is C18H24N3O2. The molecule has 0 spiro atoms. The zero-order valence-corrected chi connectivity index (χ0v) is 13.7. The zero-order chi connectivity index (χ0) is 16.1. The zero-order valence-electron chi connectivity index (χ0n) is 13.7. The first-order valence-corrected chi connectivity index (χ1v) is 8.30. The van der Waals surface area contributed by atoms with Crippen molar-refractivity contribution in [1.29, 1.82) is 0 Å². The number of fused-ring (bicyclic) bond motifs is 1. The Morgan fingerprint density at radius 3 is 3.13 bits per heavy atom. The Kier molecular flexibility index (Phi) is 5.18. The summed E-state index contributed by atoms with van der Waals surface area (Å²) in [5, 5.41) is 1.05. The number of H-pyrrole nitrogens is 1. The average molecular weight is 314 g/mol. The van der Waals surface area contributed by atoms with E-state index in [1.165, 1.54) is 0 Å². The molecule has 0 bridgehead atoms. The minimum atomic E-state index is 0.248. The number of aromatic amines is 1. The Balaban J connectivity index is 1.41. The largest absolute Gasteiger partial charge is 0.494 e. The van der Waals surface area contributed by atoms with Crippen molar-refractivity contribution in [2.45, 2.75) is 19.3 Å². The summed E-state index contributed by atoms with van der Waals surface area (Å²) in [5.74, 6) is 1.08. The van der Waals surface area contributed by atoms with E-state index in [-0.39, 0.29) is 5.91 Å². The number of carbonyl (C=O) groups is 1. The maximum absolute atomic E-state index is 12.3. The molecule has 1 radical (unpaired) electrons. The molecule has 5 heteroatoms. The number of rotatable bonds is 5. The maximum atomic E-state index is 12.3. The van der Waals surface area contributed by atoms with Crippen LogP contribution in [0.25, 0.3) is 10.9 Å². The fraction of sp³-hybridized carbons (Fsp3) is 0.500. The van der Waals surface area contributed by atoms with Gasteiger partial charge in [0.05, 0.1) is 6.61 Å². The van der Waals surface area contributed by atoms with Gasteiger partial charge in [-0.2, -0.15) is 0 Å². The average Bonchev–Trinajstić information content (AvgIpc) is 2.91. The van der Waals surface area contributed by atoms with Gasteiger partial charge in [-0.1, -0.05) is 0 Å². The van der Waals surface area contributed by atoms with Crippen LogP contribution in [-0.2, 0) is 4.79 Å². The molecule has 0 saturated carbocycles. The van der Waals surface area contributed by atoms with Crippen LogP contribution in [0.3, 0.4) is 0 Å². The number of amides is 1. The predicted octanol–water partition coefficient (Wildman–Crippen LogP) is 2.29. The van der Waals surface area contributed by atoms with Crippen molar-refractivity contribution in [2.24, 2.45) is 0 Å². The first-order valence-electron chi connectivity index (χ1n) is 8.30. The Hall–Kier alpha value is -2.01. The second kappa shape index (κ2) is 7.51. The van der Waals surface area contributed by atoms with Gasteiger partial charge in [-0.3, -0.25) is 4.79 Å². The van der Waals surface area contributed by atoms with Crippen molar-refractivity contribution in [2.75, 3.05) is 39.8 Å². The molecule has 123 valence electrons. The lowest BCUT2D eigenvalue weighted by Gasteiger charge is -2.20. The molecule has 23 heavy (non-hydrogen) atoms. The van der Waals surface area contributed by atoms with Gasteiger partial charge in [-0.05, 0) is 38.6 Å². The second-order valence-corrected chi connectivity index (χ2v) is 6.13. The lowest BCUT2D eigenvalue weighted by molar-refractivity contribution is -0.131. The molecule has 1 saturated heterocycles. The van der Waals surface area contributed by atoms with E-state index in [0.717, 1.165) is 55.7 Å². The Labute approximate surface area is 137 Å². The van der Waals surface area contributed by atoms with Crippen LogP contribution in [0.5, 0.6) is 5.75 Å². The summed E-state index contributed by atoms with van der Waals surface area (Å²) < 4.78 is 5.75. The monoisotopic (exact) mass is 314 g/mol. The summed E-state index contributed by atoms with van der Waals surface area (Å²) in [6.45, 7) is 4.33. The number of nitrogens with zero attached hydrogens (tertiary/aromatic N) is 2. The second-order valence-electron chi connectivity index (χ2n) is 6.13. The minimum absolute atomic E-state index is 0.248. The highest BCUT2D eigenvalue weighted by molar-refractivity contribution is 5.80. The summed E-state index contributed by atoms with van der Waals surface area (Å²) in [5.41, 5.74) is 1.02. The third kappa shape index (κ3) is 4.26. The van der Waals surface area contributed by atoms with Crippen LogP contribution >= 0.6 is 0 Å². The summed E-state index contributed by atoms with van der Waals surface area (Å²) in [4.78, 5) is 19.6. The minimum Gasteiger partial charge on any atom is -0.494 e. The lowest BCUT2D eigenvalue weighted by Crippen LogP contribution is -2.34. The molecule has 0 aliphatic carbocycles. The highest BCUT2D eigenvalue weighted by Crippen LogP contribution is 2.19. The van der Waals surface area contributed by atoms with Crippen LogP contribution in [0.1, 0.15) is 19.3 Å². The smallest absolute Gasteiger partial charge is 0.222 e. The Morgan fingerprint density at radius 2 is 2.22 bits per heavy atom. The van der Waals surface area contributed by atoms with E-state index in [0.29, 0.717) is 13.0 Å². The number of benzene rings is 1. The molecule has 0 unspecified atom stereocenters. The summed E-state index contributed by atoms with van der Waals surface area (Å²) in [6, 6.07) is 9.01. The van der Waals surface area contributed by atoms with Gasteiger partial charge in [0, 0.05) is 55.3 Å². The first-order chi connectivity index (χ1) is 11.2. The SMILES string of the molecule is CN1CCCN(C(=O)CCCOc2ccc3[c]c[nH]c3c2)CC1. The van der Waals surface area contributed by atoms with Crippen LogP contribution in [0, 0.1) is 6.07 Å². The molecule has 1 aliphatic rings. The fourth-order valence-corrected chi connectivity index (χ4v) is 2.92. The summed E-state index contributed by atoms with van der Waals surface area (Å²) >= 11 is 0. The normalized spacial score (nSPS) is 16.5. The van der Waals surface area contributed by atoms with Crippen molar-refractivity contribution >= 4 is 16.8 Å². The molecule has 1 amide bonds. The fourth-order valence-electron chi connectivity index (χ4n) is 2.92. The Morgan fingerprint density at radius 1 is 1.30 bits per heavy atom. The standard InChI is InChI=1S/C18H24N3O2/c1-20-9-3-10-21(12-11-20)18(22)4-2-13-23-16-6-5-15-7-8-19-17(15)14-16/h5-6,8,14,19H,2-4,9-13H2,1H3. The van der Waals surface area contributed by atoms with Gasteiger partial charge in [-0.15, -0.1) is 0 Å². The maximum Gasteiger partial charge on any atom is 0.222 e. The molecule has 1 aliphatic heterocycles. The van der Waals surface area contributed by atoms with Crippen molar-refractivity contribution in [3.05, 3.63) is 30.5 Å². The van der Waals surface area contributed by atoms with Crippen molar-refractivity contribution in [1.82, 2.24) is 14.8 Å². The van der Waals surface area contributed by atoms with E-state index in [2.05, 4.69) is 23.0 Å². The van der Waals surface area contributed by atoms with E-state index >= 15 is 0 Å². The van der Waals surface area contributed by atoms with Gasteiger partial charge < -0.3 is 19.5 Å². The number of likely N-dealkylation sites (N-methyl/N-ethyl adjacent to an activating group) is 1. The van der Waals surface area contributed by atoms with Crippen molar-refractivity contribution in [3.8, 4) is 5.75 Å². The molecule has 1 aromatic carbocycles. The molecule has 1 N–H and O–H groups in total.